The summed E-state index contributed by atoms with van der Waals surface area (Å²) in [5.74, 6) is -0.521. The zero-order valence-electron chi connectivity index (χ0n) is 13.5. The molecule has 0 fully saturated rings. The van der Waals surface area contributed by atoms with Crippen LogP contribution in [-0.4, -0.2) is 30.4 Å². The Hall–Kier alpha value is -2.16. The number of hydrogen-bond acceptors (Lipinski definition) is 4. The summed E-state index contributed by atoms with van der Waals surface area (Å²) in [6.07, 6.45) is 4.44. The minimum Gasteiger partial charge on any atom is -0.320 e. The molecule has 0 aliphatic carbocycles. The Bertz CT molecular complexity index is 1080. The number of carbonyl (C=O) groups is 1. The molecule has 1 amide bonds. The van der Waals surface area contributed by atoms with Gasteiger partial charge in [0.05, 0.1) is 26.9 Å². The molecule has 2 aromatic carbocycles. The highest BCUT2D eigenvalue weighted by Gasteiger charge is 2.17. The van der Waals surface area contributed by atoms with E-state index in [-0.39, 0.29) is 15.5 Å². The molecule has 0 aliphatic heterocycles. The van der Waals surface area contributed by atoms with Gasteiger partial charge >= 0.3 is 0 Å². The number of amides is 1. The molecular weight excluding hydrogens is 442 g/mol. The number of carbonyl (C=O) groups excluding carboxylic acids is 1. The smallest absolute Gasteiger partial charge is 0.257 e. The van der Waals surface area contributed by atoms with Crippen LogP contribution in [0, 0.1) is 0 Å². The van der Waals surface area contributed by atoms with Gasteiger partial charge in [0.2, 0.25) is 0 Å². The zero-order valence-corrected chi connectivity index (χ0v) is 16.6. The van der Waals surface area contributed by atoms with E-state index >= 15 is 0 Å². The van der Waals surface area contributed by atoms with E-state index in [2.05, 4.69) is 26.3 Å². The predicted molar refractivity (Wildman–Crippen MR) is 104 cm³/mol. The molecule has 1 heterocycles. The van der Waals surface area contributed by atoms with Crippen LogP contribution >= 0.6 is 27.5 Å². The van der Waals surface area contributed by atoms with Gasteiger partial charge in [-0.2, -0.15) is 5.10 Å². The minimum atomic E-state index is -3.46. The first-order chi connectivity index (χ1) is 12.3. The van der Waals surface area contributed by atoms with Crippen LogP contribution in [0.3, 0.4) is 0 Å². The first-order valence-corrected chi connectivity index (χ1v) is 10.4. The van der Waals surface area contributed by atoms with Gasteiger partial charge in [0.15, 0.2) is 9.84 Å². The van der Waals surface area contributed by atoms with Crippen LogP contribution in [0.25, 0.3) is 5.69 Å². The second kappa shape index (κ2) is 7.22. The number of aromatic nitrogens is 2. The van der Waals surface area contributed by atoms with E-state index in [1.807, 2.05) is 6.07 Å². The highest BCUT2D eigenvalue weighted by Crippen LogP contribution is 2.27. The summed E-state index contributed by atoms with van der Waals surface area (Å²) in [7, 11) is -3.46. The molecule has 0 radical (unpaired) electrons. The maximum atomic E-state index is 12.7. The van der Waals surface area contributed by atoms with Crippen LogP contribution in [-0.2, 0) is 9.84 Å². The summed E-state index contributed by atoms with van der Waals surface area (Å²) >= 11 is 9.47. The Morgan fingerprint density at radius 2 is 2.00 bits per heavy atom. The van der Waals surface area contributed by atoms with E-state index in [1.54, 1.807) is 35.3 Å². The number of halogens is 2. The SMILES string of the molecule is CS(=O)(=O)c1ccc(Cl)c(C(=O)Nc2cc(Br)ccc2-n2cccn2)c1. The maximum Gasteiger partial charge on any atom is 0.257 e. The van der Waals surface area contributed by atoms with Crippen molar-refractivity contribution in [2.24, 2.45) is 0 Å². The Labute approximate surface area is 163 Å². The molecule has 26 heavy (non-hydrogen) atoms. The number of nitrogens with one attached hydrogen (secondary N) is 1. The van der Waals surface area contributed by atoms with Crippen molar-refractivity contribution in [1.29, 1.82) is 0 Å². The molecule has 6 nitrogen and oxygen atoms in total. The molecule has 3 aromatic rings. The first-order valence-electron chi connectivity index (χ1n) is 7.36. The zero-order chi connectivity index (χ0) is 18.9. The highest BCUT2D eigenvalue weighted by molar-refractivity contribution is 9.10. The summed E-state index contributed by atoms with van der Waals surface area (Å²) in [5.41, 5.74) is 1.22. The Morgan fingerprint density at radius 1 is 1.23 bits per heavy atom. The molecule has 1 N–H and O–H groups in total. The molecule has 0 saturated heterocycles. The van der Waals surface area contributed by atoms with Gasteiger partial charge in [0, 0.05) is 23.1 Å². The molecule has 0 unspecified atom stereocenters. The number of rotatable bonds is 4. The summed E-state index contributed by atoms with van der Waals surface area (Å²) in [6, 6.07) is 11.1. The predicted octanol–water partition coefficient (Wildman–Crippen LogP) is 3.94. The lowest BCUT2D eigenvalue weighted by Gasteiger charge is -2.13. The van der Waals surface area contributed by atoms with Crippen LogP contribution in [0.15, 0.2) is 64.2 Å². The fraction of sp³-hybridized carbons (Fsp3) is 0.0588. The fourth-order valence-electron chi connectivity index (χ4n) is 2.32. The van der Waals surface area contributed by atoms with E-state index in [0.29, 0.717) is 11.4 Å². The van der Waals surface area contributed by atoms with Crippen molar-refractivity contribution in [3.05, 3.63) is 69.9 Å². The molecule has 0 saturated carbocycles. The Balaban J connectivity index is 2.00. The van der Waals surface area contributed by atoms with Gasteiger partial charge in [-0.05, 0) is 42.5 Å². The van der Waals surface area contributed by atoms with Gasteiger partial charge in [-0.25, -0.2) is 13.1 Å². The number of benzene rings is 2. The Kier molecular flexibility index (Phi) is 5.17. The van der Waals surface area contributed by atoms with Gasteiger partial charge in [0.1, 0.15) is 0 Å². The lowest BCUT2D eigenvalue weighted by molar-refractivity contribution is 0.102. The molecule has 0 aliphatic rings. The van der Waals surface area contributed by atoms with Crippen molar-refractivity contribution in [2.45, 2.75) is 4.90 Å². The highest BCUT2D eigenvalue weighted by atomic mass is 79.9. The quantitative estimate of drug-likeness (QED) is 0.647. The van der Waals surface area contributed by atoms with Gasteiger partial charge in [-0.3, -0.25) is 4.79 Å². The van der Waals surface area contributed by atoms with Gasteiger partial charge in [0.25, 0.3) is 5.91 Å². The second-order valence-electron chi connectivity index (χ2n) is 5.48. The maximum absolute atomic E-state index is 12.7. The van der Waals surface area contributed by atoms with Crippen LogP contribution in [0.5, 0.6) is 0 Å². The summed E-state index contributed by atoms with van der Waals surface area (Å²) in [4.78, 5) is 12.7. The van der Waals surface area contributed by atoms with Crippen molar-refractivity contribution < 1.29 is 13.2 Å². The molecule has 3 rings (SSSR count). The molecule has 9 heteroatoms. The standard InChI is InChI=1S/C17H13BrClN3O3S/c1-26(24,25)12-4-5-14(19)13(10-12)17(23)21-15-9-11(18)3-6-16(15)22-8-2-7-20-22/h2-10H,1H3,(H,21,23). The normalized spacial score (nSPS) is 11.3. The number of nitrogens with zero attached hydrogens (tertiary/aromatic N) is 2. The van der Waals surface area contributed by atoms with Crippen LogP contribution < -0.4 is 5.32 Å². The lowest BCUT2D eigenvalue weighted by Crippen LogP contribution is -2.15. The van der Waals surface area contributed by atoms with Gasteiger partial charge in [-0.1, -0.05) is 27.5 Å². The Morgan fingerprint density at radius 3 is 2.65 bits per heavy atom. The first kappa shape index (κ1) is 18.6. The van der Waals surface area contributed by atoms with E-state index < -0.39 is 15.7 Å². The molecule has 1 aromatic heterocycles. The van der Waals surface area contributed by atoms with E-state index in [9.17, 15) is 13.2 Å². The minimum absolute atomic E-state index is 0.0218. The lowest BCUT2D eigenvalue weighted by atomic mass is 10.2. The monoisotopic (exact) mass is 453 g/mol. The molecule has 134 valence electrons. The van der Waals surface area contributed by atoms with Gasteiger partial charge in [-0.15, -0.1) is 0 Å². The third-order valence-electron chi connectivity index (χ3n) is 3.57. The summed E-state index contributed by atoms with van der Waals surface area (Å²) in [5, 5.41) is 7.09. The largest absolute Gasteiger partial charge is 0.320 e. The summed E-state index contributed by atoms with van der Waals surface area (Å²) < 4.78 is 25.8. The third-order valence-corrected chi connectivity index (χ3v) is 5.50. The average molecular weight is 455 g/mol. The van der Waals surface area contributed by atoms with Crippen LogP contribution in [0.2, 0.25) is 5.02 Å². The summed E-state index contributed by atoms with van der Waals surface area (Å²) in [6.45, 7) is 0. The topological polar surface area (TPSA) is 81.1 Å². The van der Waals surface area contributed by atoms with Crippen molar-refractivity contribution in [3.63, 3.8) is 0 Å². The number of anilines is 1. The van der Waals surface area contributed by atoms with Crippen molar-refractivity contribution in [2.75, 3.05) is 11.6 Å². The van der Waals surface area contributed by atoms with E-state index in [0.717, 1.165) is 10.7 Å². The number of hydrogen-bond donors (Lipinski definition) is 1. The van der Waals surface area contributed by atoms with Crippen LogP contribution in [0.1, 0.15) is 10.4 Å². The fourth-order valence-corrected chi connectivity index (χ4v) is 3.53. The van der Waals surface area contributed by atoms with Crippen LogP contribution in [0.4, 0.5) is 5.69 Å². The van der Waals surface area contributed by atoms with Gasteiger partial charge < -0.3 is 5.32 Å². The third kappa shape index (κ3) is 3.98. The second-order valence-corrected chi connectivity index (χ2v) is 8.82. The van der Waals surface area contributed by atoms with Crippen molar-refractivity contribution in [3.8, 4) is 5.69 Å². The number of sulfone groups is 1. The van der Waals surface area contributed by atoms with Crippen molar-refractivity contribution in [1.82, 2.24) is 9.78 Å². The molecular formula is C17H13BrClN3O3S. The molecule has 0 atom stereocenters. The van der Waals surface area contributed by atoms with E-state index in [1.165, 1.54) is 18.2 Å². The molecule has 0 bridgehead atoms. The van der Waals surface area contributed by atoms with Crippen molar-refractivity contribution >= 4 is 49.0 Å². The average Bonchev–Trinajstić information content (AvgIpc) is 3.08. The van der Waals surface area contributed by atoms with E-state index in [4.69, 9.17) is 11.6 Å². The molecule has 0 spiro atoms.